The quantitative estimate of drug-likeness (QED) is 0.921. The van der Waals surface area contributed by atoms with E-state index >= 15 is 0 Å². The molecule has 2 rings (SSSR count). The van der Waals surface area contributed by atoms with Crippen LogP contribution in [0.5, 0.6) is 0 Å². The van der Waals surface area contributed by atoms with Crippen molar-refractivity contribution in [1.82, 2.24) is 10.2 Å². The van der Waals surface area contributed by atoms with Gasteiger partial charge in [-0.2, -0.15) is 0 Å². The van der Waals surface area contributed by atoms with Gasteiger partial charge in [0, 0.05) is 23.1 Å². The predicted octanol–water partition coefficient (Wildman–Crippen LogP) is 3.19. The highest BCUT2D eigenvalue weighted by Gasteiger charge is 2.23. The molecule has 2 unspecified atom stereocenters. The number of nitrogens with zero attached hydrogens (tertiary/aromatic N) is 1. The second-order valence-corrected chi connectivity index (χ2v) is 5.77. The van der Waals surface area contributed by atoms with Crippen molar-refractivity contribution in [3.63, 3.8) is 0 Å². The molecule has 1 saturated heterocycles. The van der Waals surface area contributed by atoms with Gasteiger partial charge in [0.2, 0.25) is 0 Å². The third-order valence-electron chi connectivity index (χ3n) is 3.76. The molecule has 1 aromatic rings. The van der Waals surface area contributed by atoms with Crippen LogP contribution < -0.4 is 5.32 Å². The lowest BCUT2D eigenvalue weighted by Crippen LogP contribution is -2.45. The first-order chi connectivity index (χ1) is 8.20. The van der Waals surface area contributed by atoms with E-state index in [0.717, 1.165) is 11.0 Å². The molecule has 2 atom stereocenters. The van der Waals surface area contributed by atoms with Crippen molar-refractivity contribution in [2.45, 2.75) is 31.8 Å². The van der Waals surface area contributed by atoms with E-state index in [4.69, 9.17) is 0 Å². The zero-order valence-electron chi connectivity index (χ0n) is 10.6. The van der Waals surface area contributed by atoms with Crippen LogP contribution in [0.4, 0.5) is 0 Å². The van der Waals surface area contributed by atoms with Gasteiger partial charge in [-0.1, -0.05) is 28.1 Å². The minimum Gasteiger partial charge on any atom is -0.316 e. The minimum absolute atomic E-state index is 0.513. The third kappa shape index (κ3) is 3.30. The Morgan fingerprint density at radius 2 is 2.06 bits per heavy atom. The molecule has 0 radical (unpaired) electrons. The number of hydrogen-bond donors (Lipinski definition) is 1. The van der Waals surface area contributed by atoms with Crippen LogP contribution in [-0.4, -0.2) is 31.1 Å². The fourth-order valence-electron chi connectivity index (χ4n) is 2.55. The average Bonchev–Trinajstić information content (AvgIpc) is 2.39. The third-order valence-corrected chi connectivity index (χ3v) is 4.29. The van der Waals surface area contributed by atoms with E-state index in [1.54, 1.807) is 0 Å². The predicted molar refractivity (Wildman–Crippen MR) is 76.2 cm³/mol. The molecule has 0 spiro atoms. The topological polar surface area (TPSA) is 15.3 Å². The van der Waals surface area contributed by atoms with Crippen LogP contribution in [0.25, 0.3) is 0 Å². The molecule has 17 heavy (non-hydrogen) atoms. The molecular weight excluding hydrogens is 276 g/mol. The summed E-state index contributed by atoms with van der Waals surface area (Å²) < 4.78 is 1.15. The number of rotatable bonds is 3. The molecule has 1 N–H and O–H groups in total. The first-order valence-electron chi connectivity index (χ1n) is 6.37. The van der Waals surface area contributed by atoms with E-state index < -0.39 is 0 Å². The molecule has 1 heterocycles. The molecule has 1 fully saturated rings. The molecule has 2 nitrogen and oxygen atoms in total. The molecule has 3 heteroatoms. The summed E-state index contributed by atoms with van der Waals surface area (Å²) in [6.07, 6.45) is 2.60. The number of likely N-dealkylation sites (N-methyl/N-ethyl adjacent to an activating group) is 1. The van der Waals surface area contributed by atoms with E-state index in [9.17, 15) is 0 Å². The highest BCUT2D eigenvalue weighted by Crippen LogP contribution is 2.25. The second kappa shape index (κ2) is 5.98. The van der Waals surface area contributed by atoms with Gasteiger partial charge in [-0.15, -0.1) is 0 Å². The number of likely N-dealkylation sites (tertiary alicyclic amines) is 1. The Kier molecular flexibility index (Phi) is 4.60. The lowest BCUT2D eigenvalue weighted by Gasteiger charge is -2.37. The summed E-state index contributed by atoms with van der Waals surface area (Å²) in [6.45, 7) is 4.68. The number of halogens is 1. The Morgan fingerprint density at radius 1 is 1.35 bits per heavy atom. The Hall–Kier alpha value is -0.380. The first-order valence-corrected chi connectivity index (χ1v) is 7.17. The molecule has 0 bridgehead atoms. The maximum Gasteiger partial charge on any atom is 0.0320 e. The highest BCUT2D eigenvalue weighted by atomic mass is 79.9. The normalized spacial score (nSPS) is 23.6. The van der Waals surface area contributed by atoms with E-state index in [0.29, 0.717) is 12.1 Å². The van der Waals surface area contributed by atoms with Gasteiger partial charge in [0.25, 0.3) is 0 Å². The molecule has 0 aliphatic carbocycles. The fraction of sp³-hybridized carbons (Fsp3) is 0.571. The fourth-order valence-corrected chi connectivity index (χ4v) is 2.81. The lowest BCUT2D eigenvalue weighted by molar-refractivity contribution is 0.149. The van der Waals surface area contributed by atoms with Gasteiger partial charge < -0.3 is 5.32 Å². The van der Waals surface area contributed by atoms with Crippen molar-refractivity contribution in [2.24, 2.45) is 0 Å². The molecule has 94 valence electrons. The van der Waals surface area contributed by atoms with Crippen molar-refractivity contribution in [1.29, 1.82) is 0 Å². The maximum atomic E-state index is 3.49. The summed E-state index contributed by atoms with van der Waals surface area (Å²) in [7, 11) is 2.07. The van der Waals surface area contributed by atoms with Crippen LogP contribution in [0.3, 0.4) is 0 Å². The molecule has 1 aliphatic rings. The second-order valence-electron chi connectivity index (χ2n) is 4.85. The number of hydrogen-bond acceptors (Lipinski definition) is 2. The first kappa shape index (κ1) is 13.1. The number of piperidine rings is 1. The Bertz CT molecular complexity index is 350. The molecule has 1 aromatic carbocycles. The van der Waals surface area contributed by atoms with E-state index in [2.05, 4.69) is 64.4 Å². The summed E-state index contributed by atoms with van der Waals surface area (Å²) in [4.78, 5) is 2.58. The monoisotopic (exact) mass is 296 g/mol. The van der Waals surface area contributed by atoms with Crippen molar-refractivity contribution in [3.8, 4) is 0 Å². The van der Waals surface area contributed by atoms with Gasteiger partial charge in [0.15, 0.2) is 0 Å². The Morgan fingerprint density at radius 3 is 2.71 bits per heavy atom. The van der Waals surface area contributed by atoms with Gasteiger partial charge in [-0.3, -0.25) is 4.90 Å². The summed E-state index contributed by atoms with van der Waals surface area (Å²) in [5.41, 5.74) is 1.41. The van der Waals surface area contributed by atoms with Gasteiger partial charge in [0.1, 0.15) is 0 Å². The van der Waals surface area contributed by atoms with Gasteiger partial charge in [-0.25, -0.2) is 0 Å². The SMILES string of the molecule is CNC1CCCN(C(C)c2ccc(Br)cc2)C1. The van der Waals surface area contributed by atoms with Crippen LogP contribution in [0, 0.1) is 0 Å². The van der Waals surface area contributed by atoms with Crippen LogP contribution >= 0.6 is 15.9 Å². The van der Waals surface area contributed by atoms with Crippen molar-refractivity contribution >= 4 is 15.9 Å². The Labute approximate surface area is 113 Å². The van der Waals surface area contributed by atoms with Crippen LogP contribution in [0.2, 0.25) is 0 Å². The molecule has 1 aliphatic heterocycles. The standard InChI is InChI=1S/C14H21BrN2/c1-11(12-5-7-13(15)8-6-12)17-9-3-4-14(10-17)16-2/h5-8,11,14,16H,3-4,9-10H2,1-2H3. The zero-order valence-corrected chi connectivity index (χ0v) is 12.2. The summed E-state index contributed by atoms with van der Waals surface area (Å²) in [5.74, 6) is 0. The molecule has 0 saturated carbocycles. The summed E-state index contributed by atoms with van der Waals surface area (Å²) >= 11 is 3.49. The minimum atomic E-state index is 0.513. The smallest absolute Gasteiger partial charge is 0.0320 e. The lowest BCUT2D eigenvalue weighted by atomic mass is 10.0. The summed E-state index contributed by atoms with van der Waals surface area (Å²) in [5, 5.41) is 3.40. The average molecular weight is 297 g/mol. The van der Waals surface area contributed by atoms with E-state index in [1.807, 2.05) is 0 Å². The maximum absolute atomic E-state index is 3.49. The van der Waals surface area contributed by atoms with E-state index in [-0.39, 0.29) is 0 Å². The van der Waals surface area contributed by atoms with Crippen LogP contribution in [0.1, 0.15) is 31.4 Å². The number of nitrogens with one attached hydrogen (secondary N) is 1. The van der Waals surface area contributed by atoms with Crippen molar-refractivity contribution in [2.75, 3.05) is 20.1 Å². The van der Waals surface area contributed by atoms with Gasteiger partial charge >= 0.3 is 0 Å². The largest absolute Gasteiger partial charge is 0.316 e. The number of benzene rings is 1. The molecule has 0 amide bonds. The Balaban J connectivity index is 2.03. The zero-order chi connectivity index (χ0) is 12.3. The highest BCUT2D eigenvalue weighted by molar-refractivity contribution is 9.10. The van der Waals surface area contributed by atoms with Crippen molar-refractivity contribution < 1.29 is 0 Å². The molecular formula is C14H21BrN2. The van der Waals surface area contributed by atoms with Gasteiger partial charge in [0.05, 0.1) is 0 Å². The van der Waals surface area contributed by atoms with Crippen LogP contribution in [-0.2, 0) is 0 Å². The molecule has 0 aromatic heterocycles. The summed E-state index contributed by atoms with van der Waals surface area (Å²) in [6, 6.07) is 9.87. The van der Waals surface area contributed by atoms with Crippen LogP contribution in [0.15, 0.2) is 28.7 Å². The van der Waals surface area contributed by atoms with Crippen molar-refractivity contribution in [3.05, 3.63) is 34.3 Å². The van der Waals surface area contributed by atoms with Gasteiger partial charge in [-0.05, 0) is 51.1 Å². The van der Waals surface area contributed by atoms with E-state index in [1.165, 1.54) is 24.9 Å².